The summed E-state index contributed by atoms with van der Waals surface area (Å²) in [6.07, 6.45) is 0. The summed E-state index contributed by atoms with van der Waals surface area (Å²) in [5, 5.41) is 10.1. The predicted octanol–water partition coefficient (Wildman–Crippen LogP) is 0.965. The van der Waals surface area contributed by atoms with Crippen LogP contribution in [0.3, 0.4) is 0 Å². The Balaban J connectivity index is 3.00. The average Bonchev–Trinajstić information content (AvgIpc) is 1.88. The Labute approximate surface area is 63.2 Å². The molecule has 0 fully saturated rings. The van der Waals surface area contributed by atoms with E-state index in [-0.39, 0.29) is 5.69 Å². The zero-order chi connectivity index (χ0) is 7.56. The molecule has 0 amide bonds. The topological polar surface area (TPSA) is 43.1 Å². The Morgan fingerprint density at radius 1 is 1.30 bits per heavy atom. The molecule has 3 nitrogen and oxygen atoms in total. The average molecular weight is 156 g/mol. The van der Waals surface area contributed by atoms with Gasteiger partial charge in [-0.05, 0) is 24.8 Å². The van der Waals surface area contributed by atoms with Crippen molar-refractivity contribution >= 4 is 18.3 Å². The lowest BCUT2D eigenvalue weighted by Crippen LogP contribution is -1.86. The maximum absolute atomic E-state index is 10.1. The van der Waals surface area contributed by atoms with E-state index in [2.05, 4.69) is 12.6 Å². The third-order valence-electron chi connectivity index (χ3n) is 1.08. The van der Waals surface area contributed by atoms with Crippen LogP contribution in [0.4, 0.5) is 5.69 Å². The van der Waals surface area contributed by atoms with Gasteiger partial charge in [0.05, 0.1) is 4.92 Å². The molecule has 0 atom stereocenters. The van der Waals surface area contributed by atoms with Crippen LogP contribution in [0.25, 0.3) is 0 Å². The third-order valence-corrected chi connectivity index (χ3v) is 1.41. The van der Waals surface area contributed by atoms with Crippen LogP contribution in [-0.4, -0.2) is 4.92 Å². The fraction of sp³-hybridized carbons (Fsp3) is 0. The molecule has 10 heavy (non-hydrogen) atoms. The molecule has 1 rings (SSSR count). The largest absolute Gasteiger partial charge is 0.269 e. The van der Waals surface area contributed by atoms with Crippen molar-refractivity contribution in [2.45, 2.75) is 4.90 Å². The summed E-state index contributed by atoms with van der Waals surface area (Å²) in [4.78, 5) is 10.5. The summed E-state index contributed by atoms with van der Waals surface area (Å²) in [6, 6.07) is 6.16. The fourth-order valence-electron chi connectivity index (χ4n) is 0.583. The molecule has 0 aliphatic carbocycles. The number of rotatable bonds is 1. The number of non-ortho nitro benzene ring substituents is 1. The van der Waals surface area contributed by atoms with E-state index >= 15 is 0 Å². The molecule has 1 aromatic carbocycles. The molecule has 0 heterocycles. The molecule has 0 aromatic heterocycles. The lowest BCUT2D eigenvalue weighted by atomic mass is 10.3. The first-order valence-electron chi connectivity index (χ1n) is 2.66. The first kappa shape index (κ1) is 7.08. The number of hydrogen-bond acceptors (Lipinski definition) is 2. The van der Waals surface area contributed by atoms with Gasteiger partial charge in [0.25, 0.3) is 5.69 Å². The number of nitro groups is 1. The summed E-state index contributed by atoms with van der Waals surface area (Å²) in [5.41, 5.74) is 0.113. The Hall–Kier alpha value is -1.03. The third kappa shape index (κ3) is 1.48. The minimum Gasteiger partial charge on any atom is -0.258 e. The van der Waals surface area contributed by atoms with Crippen LogP contribution in [-0.2, 0) is 12.6 Å². The Bertz CT molecular complexity index is 244. The maximum Gasteiger partial charge on any atom is 0.269 e. The van der Waals surface area contributed by atoms with E-state index < -0.39 is 4.92 Å². The van der Waals surface area contributed by atoms with Crippen LogP contribution in [0, 0.1) is 10.1 Å². The molecule has 0 saturated heterocycles. The first-order valence-corrected chi connectivity index (χ1v) is 3.16. The summed E-state index contributed by atoms with van der Waals surface area (Å²) in [5.74, 6) is 0. The number of nitrogens with zero attached hydrogens (tertiary/aromatic N) is 1. The van der Waals surface area contributed by atoms with E-state index in [0.29, 0.717) is 0 Å². The van der Waals surface area contributed by atoms with Gasteiger partial charge >= 0.3 is 0 Å². The highest BCUT2D eigenvalue weighted by Gasteiger charge is 2.02. The van der Waals surface area contributed by atoms with Crippen molar-refractivity contribution in [1.29, 1.82) is 0 Å². The van der Waals surface area contributed by atoms with E-state index in [4.69, 9.17) is 0 Å². The smallest absolute Gasteiger partial charge is 0.258 e. The zero-order valence-electron chi connectivity index (χ0n) is 5.07. The van der Waals surface area contributed by atoms with Crippen molar-refractivity contribution in [2.24, 2.45) is 0 Å². The number of benzene rings is 1. The van der Waals surface area contributed by atoms with E-state index in [0.717, 1.165) is 4.90 Å². The molecule has 0 spiro atoms. The van der Waals surface area contributed by atoms with Gasteiger partial charge in [-0.15, -0.1) is 0 Å². The molecule has 0 bridgehead atoms. The zero-order valence-corrected chi connectivity index (χ0v) is 6.07. The standard InChI is InChI=1S/C6H5NO2S/c8-7(9)5-1-3-6(10)4-2-5/h1-4,10H/p+1. The minimum atomic E-state index is -0.425. The Morgan fingerprint density at radius 3 is 2.20 bits per heavy atom. The minimum absolute atomic E-state index is 0.113. The summed E-state index contributed by atoms with van der Waals surface area (Å²) in [7, 11) is 0. The van der Waals surface area contributed by atoms with Crippen LogP contribution >= 0.6 is 0 Å². The lowest BCUT2D eigenvalue weighted by Gasteiger charge is -1.86. The molecule has 52 valence electrons. The van der Waals surface area contributed by atoms with Crippen LogP contribution < -0.4 is 0 Å². The lowest BCUT2D eigenvalue weighted by molar-refractivity contribution is -0.384. The second-order valence-corrected chi connectivity index (χ2v) is 2.38. The van der Waals surface area contributed by atoms with Gasteiger partial charge in [-0.3, -0.25) is 10.1 Å². The van der Waals surface area contributed by atoms with Crippen LogP contribution in [0.5, 0.6) is 0 Å². The van der Waals surface area contributed by atoms with Gasteiger partial charge in [0.2, 0.25) is 0 Å². The molecule has 0 aliphatic heterocycles. The van der Waals surface area contributed by atoms with Crippen molar-refractivity contribution in [3.8, 4) is 0 Å². The van der Waals surface area contributed by atoms with Crippen molar-refractivity contribution in [1.82, 2.24) is 0 Å². The molecular formula is C6H6NO2S+. The molecule has 1 aromatic rings. The van der Waals surface area contributed by atoms with Crippen molar-refractivity contribution in [2.75, 3.05) is 0 Å². The van der Waals surface area contributed by atoms with Crippen LogP contribution in [0.1, 0.15) is 0 Å². The monoisotopic (exact) mass is 156 g/mol. The Kier molecular flexibility index (Phi) is 1.91. The highest BCUT2D eigenvalue weighted by molar-refractivity contribution is 7.58. The van der Waals surface area contributed by atoms with Crippen molar-refractivity contribution < 1.29 is 4.92 Å². The Morgan fingerprint density at radius 2 is 1.80 bits per heavy atom. The van der Waals surface area contributed by atoms with Gasteiger partial charge < -0.3 is 0 Å². The molecule has 0 aliphatic rings. The molecule has 4 heteroatoms. The SMILES string of the molecule is O=[N+]([O-])c1ccc([SH2+])cc1. The highest BCUT2D eigenvalue weighted by atomic mass is 32.1. The molecular weight excluding hydrogens is 150 g/mol. The van der Waals surface area contributed by atoms with Crippen LogP contribution in [0.15, 0.2) is 29.2 Å². The second-order valence-electron chi connectivity index (χ2n) is 1.80. The van der Waals surface area contributed by atoms with Crippen molar-refractivity contribution in [3.63, 3.8) is 0 Å². The maximum atomic E-state index is 10.1. The van der Waals surface area contributed by atoms with E-state index in [9.17, 15) is 10.1 Å². The van der Waals surface area contributed by atoms with Crippen LogP contribution in [0.2, 0.25) is 0 Å². The van der Waals surface area contributed by atoms with E-state index in [1.165, 1.54) is 12.1 Å². The van der Waals surface area contributed by atoms with Gasteiger partial charge in [0, 0.05) is 12.1 Å². The predicted molar refractivity (Wildman–Crippen MR) is 41.5 cm³/mol. The quantitative estimate of drug-likeness (QED) is 0.345. The number of hydrogen-bond donors (Lipinski definition) is 0. The molecule has 0 radical (unpaired) electrons. The van der Waals surface area contributed by atoms with Gasteiger partial charge in [0.1, 0.15) is 0 Å². The fourth-order valence-corrected chi connectivity index (χ4v) is 0.750. The van der Waals surface area contributed by atoms with E-state index in [1.54, 1.807) is 12.1 Å². The highest BCUT2D eigenvalue weighted by Crippen LogP contribution is 2.10. The second kappa shape index (κ2) is 2.70. The summed E-state index contributed by atoms with van der Waals surface area (Å²) in [6.45, 7) is 0. The summed E-state index contributed by atoms with van der Waals surface area (Å²) < 4.78 is 0. The molecule has 0 saturated carbocycles. The number of nitro benzene ring substituents is 1. The van der Waals surface area contributed by atoms with Gasteiger partial charge in [-0.1, -0.05) is 0 Å². The van der Waals surface area contributed by atoms with Gasteiger partial charge in [-0.25, -0.2) is 0 Å². The normalized spacial score (nSPS) is 9.30. The molecule has 0 N–H and O–H groups in total. The summed E-state index contributed by atoms with van der Waals surface area (Å²) >= 11 is 3.22. The molecule has 0 unspecified atom stereocenters. The van der Waals surface area contributed by atoms with Gasteiger partial charge in [-0.2, -0.15) is 0 Å². The van der Waals surface area contributed by atoms with E-state index in [1.807, 2.05) is 0 Å². The van der Waals surface area contributed by atoms with Gasteiger partial charge in [0.15, 0.2) is 4.90 Å². The first-order chi connectivity index (χ1) is 4.70. The van der Waals surface area contributed by atoms with Crippen molar-refractivity contribution in [3.05, 3.63) is 34.4 Å².